The summed E-state index contributed by atoms with van der Waals surface area (Å²) in [7, 11) is 0. The topological polar surface area (TPSA) is 23.8 Å². The quantitative estimate of drug-likeness (QED) is 0.626. The predicted molar refractivity (Wildman–Crippen MR) is 62.4 cm³/mol. The SMILES string of the molecule is N#Cc1ccc(C#Cc2cc[c]c(F)c2)cc1. The van der Waals surface area contributed by atoms with E-state index in [0.717, 1.165) is 5.56 Å². The lowest BCUT2D eigenvalue weighted by Gasteiger charge is -1.91. The van der Waals surface area contributed by atoms with Crippen LogP contribution < -0.4 is 0 Å². The van der Waals surface area contributed by atoms with Gasteiger partial charge in [-0.15, -0.1) is 0 Å². The normalized spacial score (nSPS) is 8.94. The second kappa shape index (κ2) is 4.96. The molecule has 0 saturated heterocycles. The number of halogens is 1. The van der Waals surface area contributed by atoms with E-state index in [1.165, 1.54) is 12.1 Å². The maximum atomic E-state index is 12.8. The zero-order chi connectivity index (χ0) is 12.1. The zero-order valence-electron chi connectivity index (χ0n) is 8.87. The number of benzene rings is 2. The third-order valence-corrected chi connectivity index (χ3v) is 2.13. The minimum Gasteiger partial charge on any atom is -0.206 e. The number of nitriles is 1. The minimum atomic E-state index is -0.420. The molecule has 0 atom stereocenters. The summed E-state index contributed by atoms with van der Waals surface area (Å²) in [6.45, 7) is 0. The average Bonchev–Trinajstić information content (AvgIpc) is 2.37. The molecule has 0 N–H and O–H groups in total. The molecule has 2 aromatic carbocycles. The van der Waals surface area contributed by atoms with Gasteiger partial charge in [-0.3, -0.25) is 0 Å². The van der Waals surface area contributed by atoms with Crippen LogP contribution in [0.4, 0.5) is 4.39 Å². The molecule has 0 fully saturated rings. The van der Waals surface area contributed by atoms with Crippen molar-refractivity contribution in [3.05, 3.63) is 71.0 Å². The Bertz CT molecular complexity index is 624. The number of nitrogens with zero attached hydrogens (tertiary/aromatic N) is 1. The Morgan fingerprint density at radius 1 is 0.941 bits per heavy atom. The van der Waals surface area contributed by atoms with E-state index < -0.39 is 5.82 Å². The fraction of sp³-hybridized carbons (Fsp3) is 0. The Morgan fingerprint density at radius 3 is 2.24 bits per heavy atom. The van der Waals surface area contributed by atoms with Gasteiger partial charge in [0, 0.05) is 17.2 Å². The third kappa shape index (κ3) is 2.93. The van der Waals surface area contributed by atoms with Crippen LogP contribution in [0.5, 0.6) is 0 Å². The Labute approximate surface area is 99.1 Å². The fourth-order valence-corrected chi connectivity index (χ4v) is 1.29. The molecule has 0 unspecified atom stereocenters. The summed E-state index contributed by atoms with van der Waals surface area (Å²) in [5.41, 5.74) is 1.98. The zero-order valence-corrected chi connectivity index (χ0v) is 8.87. The monoisotopic (exact) mass is 220 g/mol. The van der Waals surface area contributed by atoms with Crippen LogP contribution in [0.1, 0.15) is 16.7 Å². The van der Waals surface area contributed by atoms with Crippen LogP contribution in [0.15, 0.2) is 42.5 Å². The van der Waals surface area contributed by atoms with Crippen molar-refractivity contribution in [1.29, 1.82) is 5.26 Å². The number of hydrogen-bond donors (Lipinski definition) is 0. The molecule has 0 saturated carbocycles. The molecule has 0 aliphatic carbocycles. The van der Waals surface area contributed by atoms with E-state index in [1.54, 1.807) is 30.3 Å². The van der Waals surface area contributed by atoms with Gasteiger partial charge in [0.2, 0.25) is 0 Å². The Morgan fingerprint density at radius 2 is 1.59 bits per heavy atom. The van der Waals surface area contributed by atoms with Gasteiger partial charge in [0.15, 0.2) is 0 Å². The lowest BCUT2D eigenvalue weighted by Crippen LogP contribution is -1.79. The molecule has 1 radical (unpaired) electrons. The second-order valence-electron chi connectivity index (χ2n) is 3.36. The predicted octanol–water partition coefficient (Wildman–Crippen LogP) is 2.90. The highest BCUT2D eigenvalue weighted by Crippen LogP contribution is 2.04. The highest BCUT2D eigenvalue weighted by molar-refractivity contribution is 5.44. The van der Waals surface area contributed by atoms with Gasteiger partial charge in [-0.05, 0) is 36.4 Å². The smallest absolute Gasteiger partial charge is 0.132 e. The molecule has 0 amide bonds. The molecule has 0 spiro atoms. The maximum Gasteiger partial charge on any atom is 0.132 e. The largest absolute Gasteiger partial charge is 0.206 e. The van der Waals surface area contributed by atoms with Crippen LogP contribution in [0.2, 0.25) is 0 Å². The van der Waals surface area contributed by atoms with Crippen molar-refractivity contribution in [3.63, 3.8) is 0 Å². The lowest BCUT2D eigenvalue weighted by molar-refractivity contribution is 0.625. The van der Waals surface area contributed by atoms with Crippen molar-refractivity contribution < 1.29 is 4.39 Å². The second-order valence-corrected chi connectivity index (χ2v) is 3.36. The highest BCUT2D eigenvalue weighted by Gasteiger charge is 1.92. The Kier molecular flexibility index (Phi) is 3.19. The molecular formula is C15H7FN. The van der Waals surface area contributed by atoms with Crippen molar-refractivity contribution in [3.8, 4) is 17.9 Å². The minimum absolute atomic E-state index is 0.420. The first-order valence-corrected chi connectivity index (χ1v) is 4.97. The van der Waals surface area contributed by atoms with Crippen molar-refractivity contribution in [2.45, 2.75) is 0 Å². The Hall–Kier alpha value is -2.58. The molecule has 17 heavy (non-hydrogen) atoms. The van der Waals surface area contributed by atoms with Gasteiger partial charge in [0.1, 0.15) is 5.82 Å². The van der Waals surface area contributed by atoms with Crippen LogP contribution in [-0.4, -0.2) is 0 Å². The summed E-state index contributed by atoms with van der Waals surface area (Å²) in [5.74, 6) is 5.33. The molecule has 0 aliphatic rings. The summed E-state index contributed by atoms with van der Waals surface area (Å²) < 4.78 is 12.8. The molecular weight excluding hydrogens is 213 g/mol. The summed E-state index contributed by atoms with van der Waals surface area (Å²) in [6.07, 6.45) is 0. The maximum absolute atomic E-state index is 12.8. The first-order chi connectivity index (χ1) is 8.28. The van der Waals surface area contributed by atoms with E-state index in [2.05, 4.69) is 17.9 Å². The van der Waals surface area contributed by atoms with Gasteiger partial charge in [0.05, 0.1) is 11.6 Å². The first kappa shape index (κ1) is 10.9. The Balaban J connectivity index is 2.24. The first-order valence-electron chi connectivity index (χ1n) is 4.97. The van der Waals surface area contributed by atoms with Crippen molar-refractivity contribution >= 4 is 0 Å². The molecule has 0 aliphatic heterocycles. The lowest BCUT2D eigenvalue weighted by atomic mass is 10.1. The molecule has 2 aromatic rings. The summed E-state index contributed by atoms with van der Waals surface area (Å²) >= 11 is 0. The fourth-order valence-electron chi connectivity index (χ4n) is 1.29. The van der Waals surface area contributed by atoms with Crippen LogP contribution in [0.3, 0.4) is 0 Å². The molecule has 0 heterocycles. The van der Waals surface area contributed by atoms with Crippen LogP contribution in [-0.2, 0) is 0 Å². The molecule has 79 valence electrons. The van der Waals surface area contributed by atoms with Crippen molar-refractivity contribution in [2.75, 3.05) is 0 Å². The summed E-state index contributed by atoms with van der Waals surface area (Å²) in [4.78, 5) is 0. The van der Waals surface area contributed by atoms with E-state index in [-0.39, 0.29) is 0 Å². The highest BCUT2D eigenvalue weighted by atomic mass is 19.1. The van der Waals surface area contributed by atoms with Crippen molar-refractivity contribution in [2.24, 2.45) is 0 Å². The molecule has 0 bridgehead atoms. The van der Waals surface area contributed by atoms with E-state index >= 15 is 0 Å². The van der Waals surface area contributed by atoms with E-state index in [0.29, 0.717) is 11.1 Å². The van der Waals surface area contributed by atoms with Crippen LogP contribution >= 0.6 is 0 Å². The van der Waals surface area contributed by atoms with Gasteiger partial charge in [-0.25, -0.2) is 4.39 Å². The standard InChI is InChI=1S/C15H7FN/c16-15-3-1-2-13(10-15)7-4-12-5-8-14(11-17)9-6-12/h1-2,5-6,8-10H. The molecule has 0 aromatic heterocycles. The molecule has 2 rings (SSSR count). The van der Waals surface area contributed by atoms with Gasteiger partial charge in [-0.2, -0.15) is 5.26 Å². The van der Waals surface area contributed by atoms with E-state index in [1.807, 2.05) is 6.07 Å². The molecule has 1 nitrogen and oxygen atoms in total. The third-order valence-electron chi connectivity index (χ3n) is 2.13. The van der Waals surface area contributed by atoms with Gasteiger partial charge >= 0.3 is 0 Å². The number of rotatable bonds is 0. The van der Waals surface area contributed by atoms with Gasteiger partial charge < -0.3 is 0 Å². The van der Waals surface area contributed by atoms with E-state index in [9.17, 15) is 4.39 Å². The van der Waals surface area contributed by atoms with Crippen LogP contribution in [0.25, 0.3) is 0 Å². The molecule has 2 heteroatoms. The van der Waals surface area contributed by atoms with Gasteiger partial charge in [-0.1, -0.05) is 17.9 Å². The summed E-state index contributed by atoms with van der Waals surface area (Å²) in [6, 6.07) is 15.9. The number of hydrogen-bond acceptors (Lipinski definition) is 1. The summed E-state index contributed by atoms with van der Waals surface area (Å²) in [5, 5.41) is 8.64. The van der Waals surface area contributed by atoms with Crippen molar-refractivity contribution in [1.82, 2.24) is 0 Å². The average molecular weight is 220 g/mol. The van der Waals surface area contributed by atoms with Gasteiger partial charge in [0.25, 0.3) is 0 Å². The van der Waals surface area contributed by atoms with E-state index in [4.69, 9.17) is 5.26 Å². The van der Waals surface area contributed by atoms with Crippen LogP contribution in [0, 0.1) is 35.1 Å².